The molecule has 376 valence electrons. The molecule has 2 heterocycles. The van der Waals surface area contributed by atoms with E-state index in [-0.39, 0.29) is 13.4 Å². The highest BCUT2D eigenvalue weighted by atomic mass is 28.3. The van der Waals surface area contributed by atoms with E-state index in [0.29, 0.717) is 35.5 Å². The number of fused-ring (bicyclic) bond motifs is 4. The Hall–Kier alpha value is -7.41. The smallest absolute Gasteiger partial charge is 0.240 e. The summed E-state index contributed by atoms with van der Waals surface area (Å²) in [4.78, 5) is 2.62. The van der Waals surface area contributed by atoms with Gasteiger partial charge in [0.2, 0.25) is 13.4 Å². The molecule has 0 radical (unpaired) electrons. The number of hydrogen-bond donors (Lipinski definition) is 0. The Labute approximate surface area is 458 Å². The second-order valence-corrected chi connectivity index (χ2v) is 26.6. The van der Waals surface area contributed by atoms with Gasteiger partial charge in [0.25, 0.3) is 0 Å². The Balaban J connectivity index is 0.00000111. The zero-order valence-corrected chi connectivity index (χ0v) is 48.0. The molecule has 0 spiro atoms. The van der Waals surface area contributed by atoms with Gasteiger partial charge in [-0.15, -0.1) is 12.8 Å². The highest BCUT2D eigenvalue weighted by Crippen LogP contribution is 2.38. The first-order chi connectivity index (χ1) is 36.6. The maximum atomic E-state index is 4.70. The van der Waals surface area contributed by atoms with Gasteiger partial charge in [-0.2, -0.15) is 0 Å². The maximum Gasteiger partial charge on any atom is 0.240 e. The molecule has 0 bridgehead atoms. The van der Waals surface area contributed by atoms with Gasteiger partial charge in [0.1, 0.15) is 0 Å². The fourth-order valence-electron chi connectivity index (χ4n) is 12.7. The molecule has 2 aliphatic heterocycles. The van der Waals surface area contributed by atoms with E-state index in [0.717, 1.165) is 0 Å². The third kappa shape index (κ3) is 9.51. The molecule has 0 amide bonds. The highest BCUT2D eigenvalue weighted by Gasteiger charge is 2.49. The van der Waals surface area contributed by atoms with Crippen molar-refractivity contribution in [2.45, 2.75) is 119 Å². The van der Waals surface area contributed by atoms with Crippen molar-refractivity contribution in [3.8, 4) is 36.5 Å². The fourth-order valence-corrected chi connectivity index (χ4v) is 17.8. The molecule has 0 fully saturated rings. The summed E-state index contributed by atoms with van der Waals surface area (Å²) in [5, 5.41) is 5.66. The fraction of sp³-hybridized carbons (Fsp3) is 0.250. The van der Waals surface area contributed by atoms with E-state index in [1.165, 1.54) is 104 Å². The lowest BCUT2D eigenvalue weighted by molar-refractivity contribution is 0.812. The molecule has 2 aliphatic rings. The normalized spacial score (nSPS) is 13.1. The van der Waals surface area contributed by atoms with Crippen LogP contribution in [0.25, 0.3) is 0 Å². The van der Waals surface area contributed by atoms with Gasteiger partial charge in [0, 0.05) is 17.1 Å². The second kappa shape index (κ2) is 22.4. The average molecular weight is 1000 g/mol. The third-order valence-corrected chi connectivity index (χ3v) is 21.1. The lowest BCUT2D eigenvalue weighted by Gasteiger charge is -2.45. The topological polar surface area (TPSA) is 3.24 Å². The largest absolute Gasteiger partial charge is 0.311 e. The van der Waals surface area contributed by atoms with Crippen molar-refractivity contribution in [1.29, 1.82) is 0 Å². The molecule has 0 aliphatic carbocycles. The van der Waals surface area contributed by atoms with Crippen molar-refractivity contribution in [2.24, 2.45) is 0 Å². The monoisotopic (exact) mass is 1000 g/mol. The summed E-state index contributed by atoms with van der Waals surface area (Å²) in [6.45, 7) is 28.8. The van der Waals surface area contributed by atoms with Crippen molar-refractivity contribution in [2.75, 3.05) is 4.90 Å². The van der Waals surface area contributed by atoms with E-state index >= 15 is 0 Å². The van der Waals surface area contributed by atoms with Crippen LogP contribution in [0.1, 0.15) is 152 Å². The number of terminal acetylenes is 2. The summed E-state index contributed by atoms with van der Waals surface area (Å²) < 4.78 is 0. The quantitative estimate of drug-likeness (QED) is 0.0922. The molecular formula is C72H73B2NSi. The van der Waals surface area contributed by atoms with Crippen molar-refractivity contribution in [3.63, 3.8) is 0 Å². The molecule has 10 rings (SSSR count). The van der Waals surface area contributed by atoms with Gasteiger partial charge < -0.3 is 4.90 Å². The summed E-state index contributed by atoms with van der Waals surface area (Å²) in [5.41, 5.74) is 21.3. The lowest BCUT2D eigenvalue weighted by atomic mass is 9.20. The molecule has 8 aromatic rings. The molecule has 0 aromatic heterocycles. The Morgan fingerprint density at radius 3 is 1.08 bits per heavy atom. The van der Waals surface area contributed by atoms with E-state index in [9.17, 15) is 0 Å². The molecule has 4 heteroatoms. The van der Waals surface area contributed by atoms with Gasteiger partial charge in [-0.1, -0.05) is 268 Å². The lowest BCUT2D eigenvalue weighted by Crippen LogP contribution is -2.77. The summed E-state index contributed by atoms with van der Waals surface area (Å²) in [6, 6.07) is 69.1. The van der Waals surface area contributed by atoms with Gasteiger partial charge in [-0.3, -0.25) is 0 Å². The average Bonchev–Trinajstić information content (AvgIpc) is 3.53. The van der Waals surface area contributed by atoms with Crippen molar-refractivity contribution >= 4 is 92.1 Å². The number of rotatable bonds is 11. The SMILES string of the molecule is C#CC#CC#C.CC(C)c1cc(C(C)C)c(B2c3ccccc3B(c3c(C(C)C)cc(C(C)C)cc3C(C)C)c3cc(N4c5ccccc5[Si](c5ccccc5)(c5ccccc5)c5ccccc54)ccc32)c(C(C)C)c1. The Morgan fingerprint density at radius 2 is 0.711 bits per heavy atom. The van der Waals surface area contributed by atoms with Crippen molar-refractivity contribution < 1.29 is 0 Å². The summed E-state index contributed by atoms with van der Waals surface area (Å²) in [6.07, 6.45) is 9.39. The number of para-hydroxylation sites is 2. The van der Waals surface area contributed by atoms with Crippen LogP contribution in [0.5, 0.6) is 0 Å². The maximum absolute atomic E-state index is 4.70. The molecule has 1 nitrogen and oxygen atoms in total. The molecule has 0 N–H and O–H groups in total. The number of benzene rings is 8. The molecular weight excluding hydrogens is 929 g/mol. The van der Waals surface area contributed by atoms with Crippen LogP contribution in [0, 0.1) is 36.5 Å². The van der Waals surface area contributed by atoms with Crippen molar-refractivity contribution in [1.82, 2.24) is 0 Å². The minimum Gasteiger partial charge on any atom is -0.311 e. The first kappa shape index (κ1) is 53.4. The summed E-state index contributed by atoms with van der Waals surface area (Å²) in [5.74, 6) is 10.9. The third-order valence-electron chi connectivity index (χ3n) is 16.2. The van der Waals surface area contributed by atoms with Crippen LogP contribution < -0.4 is 58.4 Å². The van der Waals surface area contributed by atoms with E-state index in [2.05, 4.69) is 288 Å². The van der Waals surface area contributed by atoms with Crippen molar-refractivity contribution in [3.05, 3.63) is 209 Å². The zero-order valence-electron chi connectivity index (χ0n) is 47.0. The molecule has 0 saturated carbocycles. The molecule has 8 aromatic carbocycles. The van der Waals surface area contributed by atoms with E-state index < -0.39 is 8.07 Å². The number of nitrogens with zero attached hydrogens (tertiary/aromatic N) is 1. The van der Waals surface area contributed by atoms with E-state index in [4.69, 9.17) is 12.8 Å². The highest BCUT2D eigenvalue weighted by molar-refractivity contribution is 7.21. The van der Waals surface area contributed by atoms with E-state index in [1.54, 1.807) is 0 Å². The molecule has 0 unspecified atom stereocenters. The zero-order chi connectivity index (χ0) is 54.0. The minimum atomic E-state index is -2.79. The number of hydrogen-bond acceptors (Lipinski definition) is 1. The summed E-state index contributed by atoms with van der Waals surface area (Å²) in [7, 11) is -2.79. The Morgan fingerprint density at radius 1 is 0.368 bits per heavy atom. The van der Waals surface area contributed by atoms with Gasteiger partial charge in [-0.25, -0.2) is 0 Å². The van der Waals surface area contributed by atoms with Gasteiger partial charge >= 0.3 is 0 Å². The minimum absolute atomic E-state index is 0.0377. The first-order valence-electron chi connectivity index (χ1n) is 27.7. The van der Waals surface area contributed by atoms with Crippen LogP contribution in [0.4, 0.5) is 17.1 Å². The molecule has 76 heavy (non-hydrogen) atoms. The standard InChI is InChI=1S/C66H71B2NSi.C6H2/c1-42(2)48-37-53(44(5)6)65(54(38-48)45(7)8)67-57-29-19-20-30-58(57)68(66-55(46(9)10)39-49(43(3)4)40-56(66)47(11)12)60-41-50(35-36-59(60)67)69-61-31-21-23-33-63(61)70(51-25-15-13-16-26-51,52-27-17-14-18-28-52)64-34-24-22-32-62(64)69;1-3-5-6-4-2/h13-47H,1-12H3;1-2H. The summed E-state index contributed by atoms with van der Waals surface area (Å²) >= 11 is 0. The predicted molar refractivity (Wildman–Crippen MR) is 337 cm³/mol. The Kier molecular flexibility index (Phi) is 15.8. The van der Waals surface area contributed by atoms with Gasteiger partial charge in [0.15, 0.2) is 8.07 Å². The van der Waals surface area contributed by atoms with Crippen LogP contribution in [-0.4, -0.2) is 21.5 Å². The van der Waals surface area contributed by atoms with E-state index in [1.807, 2.05) is 0 Å². The van der Waals surface area contributed by atoms with Crippen LogP contribution in [0.2, 0.25) is 0 Å². The van der Waals surface area contributed by atoms with Crippen LogP contribution in [0.15, 0.2) is 176 Å². The number of anilines is 3. The van der Waals surface area contributed by atoms with Crippen LogP contribution in [-0.2, 0) is 0 Å². The second-order valence-electron chi connectivity index (χ2n) is 22.9. The Bertz CT molecular complexity index is 3390. The van der Waals surface area contributed by atoms with Crippen LogP contribution >= 0.6 is 0 Å². The predicted octanol–water partition coefficient (Wildman–Crippen LogP) is 11.2. The first-order valence-corrected chi connectivity index (χ1v) is 29.7. The van der Waals surface area contributed by atoms with Gasteiger partial charge in [-0.05, 0) is 138 Å². The van der Waals surface area contributed by atoms with Crippen LogP contribution in [0.3, 0.4) is 0 Å². The molecule has 0 atom stereocenters. The van der Waals surface area contributed by atoms with Gasteiger partial charge in [0.05, 0.1) is 0 Å². The molecule has 0 saturated heterocycles.